The third-order valence-corrected chi connectivity index (χ3v) is 2.13. The molecular formula is C10H19N3. The molecule has 0 aliphatic rings. The molecule has 3 heteroatoms. The van der Waals surface area contributed by atoms with Gasteiger partial charge in [0.25, 0.3) is 0 Å². The highest BCUT2D eigenvalue weighted by atomic mass is 15.3. The van der Waals surface area contributed by atoms with E-state index in [0.717, 1.165) is 17.8 Å². The third kappa shape index (κ3) is 2.10. The number of aryl methyl sites for hydroxylation is 1. The molecule has 0 amide bonds. The normalized spacial score (nSPS) is 13.7. The van der Waals surface area contributed by atoms with E-state index < -0.39 is 0 Å². The first kappa shape index (κ1) is 10.3. The maximum atomic E-state index is 5.86. The summed E-state index contributed by atoms with van der Waals surface area (Å²) in [5, 5.41) is 4.49. The highest BCUT2D eigenvalue weighted by Crippen LogP contribution is 2.16. The summed E-state index contributed by atoms with van der Waals surface area (Å²) in [6.07, 6.45) is 0.972. The fraction of sp³-hybridized carbons (Fsp3) is 0.700. The van der Waals surface area contributed by atoms with Crippen LogP contribution >= 0.6 is 0 Å². The lowest BCUT2D eigenvalue weighted by atomic mass is 10.2. The number of hydrogen-bond donors (Lipinski definition) is 1. The average Bonchev–Trinajstić information content (AvgIpc) is 2.47. The quantitative estimate of drug-likeness (QED) is 0.775. The Kier molecular flexibility index (Phi) is 3.09. The van der Waals surface area contributed by atoms with Crippen molar-refractivity contribution in [3.63, 3.8) is 0 Å². The highest BCUT2D eigenvalue weighted by Gasteiger charge is 2.12. The van der Waals surface area contributed by atoms with Gasteiger partial charge in [-0.25, -0.2) is 0 Å². The van der Waals surface area contributed by atoms with Crippen molar-refractivity contribution < 1.29 is 0 Å². The van der Waals surface area contributed by atoms with Crippen molar-refractivity contribution >= 4 is 0 Å². The van der Waals surface area contributed by atoms with E-state index in [0.29, 0.717) is 6.04 Å². The van der Waals surface area contributed by atoms with Crippen LogP contribution in [0.5, 0.6) is 0 Å². The highest BCUT2D eigenvalue weighted by molar-refractivity contribution is 5.14. The predicted octanol–water partition coefficient (Wildman–Crippen LogP) is 2.05. The van der Waals surface area contributed by atoms with Gasteiger partial charge in [0.15, 0.2) is 0 Å². The molecular weight excluding hydrogens is 162 g/mol. The minimum Gasteiger partial charge on any atom is -0.323 e. The van der Waals surface area contributed by atoms with Crippen molar-refractivity contribution in [2.24, 2.45) is 5.73 Å². The molecule has 1 heterocycles. The lowest BCUT2D eigenvalue weighted by Crippen LogP contribution is -2.14. The molecule has 0 fully saturated rings. The molecule has 3 nitrogen and oxygen atoms in total. The smallest absolute Gasteiger partial charge is 0.0625 e. The second-order valence-corrected chi connectivity index (χ2v) is 3.74. The van der Waals surface area contributed by atoms with Gasteiger partial charge < -0.3 is 5.73 Å². The summed E-state index contributed by atoms with van der Waals surface area (Å²) in [5.41, 5.74) is 8.12. The van der Waals surface area contributed by atoms with Crippen molar-refractivity contribution in [3.8, 4) is 0 Å². The van der Waals surface area contributed by atoms with Crippen molar-refractivity contribution in [1.82, 2.24) is 9.78 Å². The van der Waals surface area contributed by atoms with Crippen LogP contribution in [0.1, 0.15) is 51.2 Å². The molecule has 1 aromatic heterocycles. The maximum Gasteiger partial charge on any atom is 0.0625 e. The van der Waals surface area contributed by atoms with E-state index in [1.54, 1.807) is 0 Å². The molecule has 0 aromatic carbocycles. The van der Waals surface area contributed by atoms with Crippen LogP contribution in [0.4, 0.5) is 0 Å². The molecule has 2 N–H and O–H groups in total. The van der Waals surface area contributed by atoms with Gasteiger partial charge in [-0.05, 0) is 33.3 Å². The first-order valence-electron chi connectivity index (χ1n) is 4.90. The molecule has 13 heavy (non-hydrogen) atoms. The van der Waals surface area contributed by atoms with Crippen molar-refractivity contribution in [2.45, 2.75) is 46.2 Å². The topological polar surface area (TPSA) is 43.8 Å². The van der Waals surface area contributed by atoms with Crippen LogP contribution in [0.3, 0.4) is 0 Å². The summed E-state index contributed by atoms with van der Waals surface area (Å²) in [6, 6.07) is 2.56. The average molecular weight is 181 g/mol. The fourth-order valence-corrected chi connectivity index (χ4v) is 1.39. The summed E-state index contributed by atoms with van der Waals surface area (Å²) < 4.78 is 2.02. The zero-order chi connectivity index (χ0) is 10.0. The SMILES string of the molecule is CCc1cc([C@@H](C)N)n(C(C)C)n1. The van der Waals surface area contributed by atoms with Crippen molar-refractivity contribution in [2.75, 3.05) is 0 Å². The number of nitrogens with two attached hydrogens (primary N) is 1. The van der Waals surface area contributed by atoms with Crippen LogP contribution in [0.25, 0.3) is 0 Å². The Morgan fingerprint density at radius 3 is 2.38 bits per heavy atom. The van der Waals surface area contributed by atoms with E-state index in [9.17, 15) is 0 Å². The Balaban J connectivity index is 3.08. The van der Waals surface area contributed by atoms with Crippen LogP contribution in [0.15, 0.2) is 6.07 Å². The third-order valence-electron chi connectivity index (χ3n) is 2.13. The molecule has 0 unspecified atom stereocenters. The number of rotatable bonds is 3. The second kappa shape index (κ2) is 3.92. The molecule has 0 saturated heterocycles. The van der Waals surface area contributed by atoms with Crippen molar-refractivity contribution in [3.05, 3.63) is 17.5 Å². The second-order valence-electron chi connectivity index (χ2n) is 3.74. The predicted molar refractivity (Wildman–Crippen MR) is 54.6 cm³/mol. The van der Waals surface area contributed by atoms with E-state index in [-0.39, 0.29) is 6.04 Å². The van der Waals surface area contributed by atoms with E-state index in [2.05, 4.69) is 31.9 Å². The lowest BCUT2D eigenvalue weighted by Gasteiger charge is -2.12. The first-order chi connectivity index (χ1) is 6.06. The zero-order valence-corrected chi connectivity index (χ0v) is 8.91. The molecule has 0 aliphatic carbocycles. The molecule has 0 spiro atoms. The van der Waals surface area contributed by atoms with Crippen LogP contribution in [-0.2, 0) is 6.42 Å². The van der Waals surface area contributed by atoms with Crippen LogP contribution in [0.2, 0.25) is 0 Å². The molecule has 0 saturated carbocycles. The molecule has 1 atom stereocenters. The number of hydrogen-bond acceptors (Lipinski definition) is 2. The van der Waals surface area contributed by atoms with Gasteiger partial charge in [0.2, 0.25) is 0 Å². The fourth-order valence-electron chi connectivity index (χ4n) is 1.39. The molecule has 74 valence electrons. The van der Waals surface area contributed by atoms with Gasteiger partial charge in [0.1, 0.15) is 0 Å². The molecule has 1 rings (SSSR count). The zero-order valence-electron chi connectivity index (χ0n) is 8.91. The Bertz CT molecular complexity index is 248. The molecule has 0 bridgehead atoms. The monoisotopic (exact) mass is 181 g/mol. The summed E-state index contributed by atoms with van der Waals surface area (Å²) in [6.45, 7) is 8.35. The molecule has 0 radical (unpaired) electrons. The minimum atomic E-state index is 0.0650. The van der Waals surface area contributed by atoms with Gasteiger partial charge >= 0.3 is 0 Å². The molecule has 1 aromatic rings. The summed E-state index contributed by atoms with van der Waals surface area (Å²) in [7, 11) is 0. The van der Waals surface area contributed by atoms with Gasteiger partial charge in [-0.1, -0.05) is 6.92 Å². The standard InChI is InChI=1S/C10H19N3/c1-5-9-6-10(8(4)11)13(12-9)7(2)3/h6-8H,5,11H2,1-4H3/t8-/m1/s1. The molecule has 0 aliphatic heterocycles. The number of nitrogens with zero attached hydrogens (tertiary/aromatic N) is 2. The largest absolute Gasteiger partial charge is 0.323 e. The van der Waals surface area contributed by atoms with E-state index in [1.165, 1.54) is 0 Å². The summed E-state index contributed by atoms with van der Waals surface area (Å²) in [5.74, 6) is 0. The Labute approximate surface area is 79.9 Å². The van der Waals surface area contributed by atoms with Gasteiger partial charge in [-0.2, -0.15) is 5.10 Å². The summed E-state index contributed by atoms with van der Waals surface area (Å²) >= 11 is 0. The van der Waals surface area contributed by atoms with E-state index in [4.69, 9.17) is 5.73 Å². The summed E-state index contributed by atoms with van der Waals surface area (Å²) in [4.78, 5) is 0. The minimum absolute atomic E-state index is 0.0650. The van der Waals surface area contributed by atoms with E-state index in [1.807, 2.05) is 11.6 Å². The van der Waals surface area contributed by atoms with Crippen LogP contribution in [0, 0.1) is 0 Å². The van der Waals surface area contributed by atoms with Crippen molar-refractivity contribution in [1.29, 1.82) is 0 Å². The maximum absolute atomic E-state index is 5.86. The van der Waals surface area contributed by atoms with Gasteiger partial charge in [-0.3, -0.25) is 4.68 Å². The van der Waals surface area contributed by atoms with Gasteiger partial charge in [-0.15, -0.1) is 0 Å². The van der Waals surface area contributed by atoms with E-state index >= 15 is 0 Å². The first-order valence-corrected chi connectivity index (χ1v) is 4.90. The lowest BCUT2D eigenvalue weighted by molar-refractivity contribution is 0.490. The van der Waals surface area contributed by atoms with Crippen LogP contribution in [-0.4, -0.2) is 9.78 Å². The number of aromatic nitrogens is 2. The Morgan fingerprint density at radius 2 is 2.08 bits per heavy atom. The Hall–Kier alpha value is -0.830. The Morgan fingerprint density at radius 1 is 1.46 bits per heavy atom. The van der Waals surface area contributed by atoms with Gasteiger partial charge in [0, 0.05) is 12.1 Å². The van der Waals surface area contributed by atoms with Gasteiger partial charge in [0.05, 0.1) is 11.4 Å². The van der Waals surface area contributed by atoms with Crippen LogP contribution < -0.4 is 5.73 Å².